The number of nitrogens with zero attached hydrogens (tertiary/aromatic N) is 1. The molecule has 1 aliphatic rings. The minimum absolute atomic E-state index is 0.122. The van der Waals surface area contributed by atoms with Gasteiger partial charge in [-0.3, -0.25) is 10.3 Å². The van der Waals surface area contributed by atoms with Gasteiger partial charge in [-0.05, 0) is 61.0 Å². The fourth-order valence-corrected chi connectivity index (χ4v) is 4.27. The summed E-state index contributed by atoms with van der Waals surface area (Å²) in [5.41, 5.74) is 3.70. The van der Waals surface area contributed by atoms with Crippen molar-refractivity contribution in [3.05, 3.63) is 92.9 Å². The summed E-state index contributed by atoms with van der Waals surface area (Å²) in [7, 11) is 0. The highest BCUT2D eigenvalue weighted by Gasteiger charge is 2.28. The molecule has 30 heavy (non-hydrogen) atoms. The number of benzene rings is 3. The highest BCUT2D eigenvalue weighted by Crippen LogP contribution is 2.37. The Balaban J connectivity index is 1.75. The molecule has 1 aliphatic heterocycles. The Bertz CT molecular complexity index is 1070. The molecule has 2 atom stereocenters. The summed E-state index contributed by atoms with van der Waals surface area (Å²) in [4.78, 5) is 4.97. The van der Waals surface area contributed by atoms with E-state index in [9.17, 15) is 5.11 Å². The number of phenols is 1. The Labute approximate surface area is 189 Å². The third kappa shape index (κ3) is 4.53. The van der Waals surface area contributed by atoms with Gasteiger partial charge < -0.3 is 9.84 Å². The van der Waals surface area contributed by atoms with E-state index in [1.165, 1.54) is 0 Å². The van der Waals surface area contributed by atoms with Crippen molar-refractivity contribution < 1.29 is 9.84 Å². The molecule has 4 nitrogen and oxygen atoms in total. The molecule has 3 aromatic rings. The lowest BCUT2D eigenvalue weighted by atomic mass is 9.93. The van der Waals surface area contributed by atoms with Crippen molar-refractivity contribution in [2.45, 2.75) is 25.6 Å². The molecule has 0 amide bonds. The van der Waals surface area contributed by atoms with Crippen LogP contribution in [0.4, 0.5) is 0 Å². The zero-order valence-corrected chi connectivity index (χ0v) is 18.8. The molecular formula is C24H22BrClN2O2. The SMILES string of the molecule is CCOc1ccc(C2=N[C@H](c3ccccc3Cl)N[C@H](c3cc(Br)ccc3O)C2)cc1. The number of hydrogen-bond donors (Lipinski definition) is 2. The van der Waals surface area contributed by atoms with E-state index in [1.807, 2.05) is 67.6 Å². The maximum atomic E-state index is 10.5. The molecule has 4 rings (SSSR count). The summed E-state index contributed by atoms with van der Waals surface area (Å²) in [6.07, 6.45) is 0.316. The van der Waals surface area contributed by atoms with Crippen LogP contribution in [0.25, 0.3) is 0 Å². The lowest BCUT2D eigenvalue weighted by molar-refractivity contribution is 0.340. The average Bonchev–Trinajstić information content (AvgIpc) is 2.76. The van der Waals surface area contributed by atoms with Gasteiger partial charge in [-0.15, -0.1) is 0 Å². The molecule has 2 N–H and O–H groups in total. The van der Waals surface area contributed by atoms with E-state index in [1.54, 1.807) is 6.07 Å². The van der Waals surface area contributed by atoms with Crippen molar-refractivity contribution in [3.8, 4) is 11.5 Å². The summed E-state index contributed by atoms with van der Waals surface area (Å²) in [5.74, 6) is 1.08. The summed E-state index contributed by atoms with van der Waals surface area (Å²) in [5, 5.41) is 14.7. The van der Waals surface area contributed by atoms with E-state index in [0.29, 0.717) is 18.1 Å². The molecule has 154 valence electrons. The molecule has 0 spiro atoms. The van der Waals surface area contributed by atoms with E-state index in [2.05, 4.69) is 21.2 Å². The van der Waals surface area contributed by atoms with E-state index in [-0.39, 0.29) is 18.0 Å². The first-order chi connectivity index (χ1) is 14.5. The van der Waals surface area contributed by atoms with Gasteiger partial charge in [0.05, 0.1) is 6.61 Å². The quantitative estimate of drug-likeness (QED) is 0.438. The third-order valence-corrected chi connectivity index (χ3v) is 5.94. The lowest BCUT2D eigenvalue weighted by Crippen LogP contribution is -2.33. The second-order valence-electron chi connectivity index (χ2n) is 7.08. The number of rotatable bonds is 5. The van der Waals surface area contributed by atoms with Crippen LogP contribution in [0.15, 0.2) is 76.2 Å². The van der Waals surface area contributed by atoms with Gasteiger partial charge in [0, 0.05) is 38.8 Å². The van der Waals surface area contributed by atoms with Gasteiger partial charge in [0.15, 0.2) is 0 Å². The monoisotopic (exact) mass is 484 g/mol. The normalized spacial score (nSPS) is 18.7. The molecule has 0 unspecified atom stereocenters. The van der Waals surface area contributed by atoms with Crippen LogP contribution in [-0.4, -0.2) is 17.4 Å². The van der Waals surface area contributed by atoms with Crippen molar-refractivity contribution >= 4 is 33.2 Å². The van der Waals surface area contributed by atoms with E-state index >= 15 is 0 Å². The fourth-order valence-electron chi connectivity index (χ4n) is 3.65. The predicted molar refractivity (Wildman–Crippen MR) is 125 cm³/mol. The maximum absolute atomic E-state index is 10.5. The third-order valence-electron chi connectivity index (χ3n) is 5.10. The topological polar surface area (TPSA) is 53.8 Å². The maximum Gasteiger partial charge on any atom is 0.127 e. The van der Waals surface area contributed by atoms with Gasteiger partial charge >= 0.3 is 0 Å². The van der Waals surface area contributed by atoms with Crippen LogP contribution < -0.4 is 10.1 Å². The second kappa shape index (κ2) is 9.21. The fraction of sp³-hybridized carbons (Fsp3) is 0.208. The molecule has 0 bridgehead atoms. The number of aliphatic imine (C=N–C) groups is 1. The smallest absolute Gasteiger partial charge is 0.127 e. The van der Waals surface area contributed by atoms with Gasteiger partial charge in [0.1, 0.15) is 17.7 Å². The minimum atomic E-state index is -0.322. The largest absolute Gasteiger partial charge is 0.508 e. The van der Waals surface area contributed by atoms with Crippen LogP contribution >= 0.6 is 27.5 Å². The van der Waals surface area contributed by atoms with Gasteiger partial charge in [-0.1, -0.05) is 45.7 Å². The molecule has 3 aromatic carbocycles. The van der Waals surface area contributed by atoms with Gasteiger partial charge in [-0.25, -0.2) is 0 Å². The Hall–Kier alpha value is -2.34. The van der Waals surface area contributed by atoms with E-state index < -0.39 is 0 Å². The zero-order valence-electron chi connectivity index (χ0n) is 16.5. The van der Waals surface area contributed by atoms with Crippen molar-refractivity contribution in [1.29, 1.82) is 0 Å². The predicted octanol–water partition coefficient (Wildman–Crippen LogP) is 6.43. The molecule has 0 saturated carbocycles. The van der Waals surface area contributed by atoms with Crippen molar-refractivity contribution in [1.82, 2.24) is 5.32 Å². The minimum Gasteiger partial charge on any atom is -0.508 e. The molecule has 0 fully saturated rings. The summed E-state index contributed by atoms with van der Waals surface area (Å²) < 4.78 is 6.48. The Morgan fingerprint density at radius 2 is 1.87 bits per heavy atom. The molecule has 1 heterocycles. The number of aromatic hydroxyl groups is 1. The standard InChI is InChI=1S/C24H22BrClN2O2/c1-2-30-17-10-7-15(8-11-17)21-14-22(19-13-16(25)9-12-23(19)29)28-24(27-21)18-5-3-4-6-20(18)26/h3-13,22,24,28-29H,2,14H2,1H3/t22-,24-/m0/s1. The van der Waals surface area contributed by atoms with Crippen LogP contribution in [-0.2, 0) is 0 Å². The van der Waals surface area contributed by atoms with Crippen LogP contribution in [0.1, 0.15) is 42.2 Å². The molecule has 0 radical (unpaired) electrons. The lowest BCUT2D eigenvalue weighted by Gasteiger charge is -2.31. The number of hydrogen-bond acceptors (Lipinski definition) is 4. The summed E-state index contributed by atoms with van der Waals surface area (Å²) in [6, 6.07) is 21.0. The molecule has 6 heteroatoms. The molecule has 0 aromatic heterocycles. The van der Waals surface area contributed by atoms with Gasteiger partial charge in [0.25, 0.3) is 0 Å². The van der Waals surface area contributed by atoms with Crippen LogP contribution in [0.2, 0.25) is 5.02 Å². The Kier molecular flexibility index (Phi) is 6.42. The van der Waals surface area contributed by atoms with Crippen molar-refractivity contribution in [3.63, 3.8) is 0 Å². The average molecular weight is 486 g/mol. The highest BCUT2D eigenvalue weighted by atomic mass is 79.9. The van der Waals surface area contributed by atoms with Crippen LogP contribution in [0.3, 0.4) is 0 Å². The molecule has 0 aliphatic carbocycles. The Morgan fingerprint density at radius 3 is 2.60 bits per heavy atom. The second-order valence-corrected chi connectivity index (χ2v) is 8.41. The molecular weight excluding hydrogens is 464 g/mol. The zero-order chi connectivity index (χ0) is 21.1. The van der Waals surface area contributed by atoms with Gasteiger partial charge in [0.2, 0.25) is 0 Å². The number of phenolic OH excluding ortho intramolecular Hbond substituents is 1. The van der Waals surface area contributed by atoms with Crippen molar-refractivity contribution in [2.75, 3.05) is 6.61 Å². The van der Waals surface area contributed by atoms with Crippen LogP contribution in [0, 0.1) is 0 Å². The summed E-state index contributed by atoms with van der Waals surface area (Å²) >= 11 is 9.99. The molecule has 0 saturated heterocycles. The number of ether oxygens (including phenoxy) is 1. The number of nitrogens with one attached hydrogen (secondary N) is 1. The van der Waals surface area contributed by atoms with Crippen molar-refractivity contribution in [2.24, 2.45) is 4.99 Å². The first kappa shape index (κ1) is 20.9. The number of halogens is 2. The first-order valence-corrected chi connectivity index (χ1v) is 11.0. The van der Waals surface area contributed by atoms with Crippen LogP contribution in [0.5, 0.6) is 11.5 Å². The highest BCUT2D eigenvalue weighted by molar-refractivity contribution is 9.10. The van der Waals surface area contributed by atoms with E-state index in [0.717, 1.165) is 32.6 Å². The van der Waals surface area contributed by atoms with E-state index in [4.69, 9.17) is 21.3 Å². The summed E-state index contributed by atoms with van der Waals surface area (Å²) in [6.45, 7) is 2.59. The first-order valence-electron chi connectivity index (χ1n) is 9.84. The van der Waals surface area contributed by atoms with Gasteiger partial charge in [-0.2, -0.15) is 0 Å². The Morgan fingerprint density at radius 1 is 1.10 bits per heavy atom.